The van der Waals surface area contributed by atoms with Crippen LogP contribution in [0.15, 0.2) is 18.2 Å². The van der Waals surface area contributed by atoms with Crippen LogP contribution in [0.3, 0.4) is 0 Å². The second kappa shape index (κ2) is 6.24. The molecular weight excluding hydrogens is 298 g/mol. The molecule has 22 heavy (non-hydrogen) atoms. The molecule has 1 aliphatic heterocycles. The molecule has 0 N–H and O–H groups in total. The maximum atomic E-state index is 12.2. The molecule has 1 aliphatic carbocycles. The average Bonchev–Trinajstić information content (AvgIpc) is 2.86. The molecule has 1 amide bonds. The molecule has 1 unspecified atom stereocenters. The van der Waals surface area contributed by atoms with E-state index < -0.39 is 0 Å². The zero-order valence-electron chi connectivity index (χ0n) is 12.6. The van der Waals surface area contributed by atoms with Crippen molar-refractivity contribution in [3.8, 4) is 0 Å². The third-order valence-electron chi connectivity index (χ3n) is 4.28. The fraction of sp³-hybridized carbons (Fsp3) is 0.471. The van der Waals surface area contributed by atoms with Crippen molar-refractivity contribution in [2.45, 2.75) is 32.6 Å². The van der Waals surface area contributed by atoms with Gasteiger partial charge in [-0.15, -0.1) is 0 Å². The Kier molecular flexibility index (Phi) is 4.34. The van der Waals surface area contributed by atoms with Crippen LogP contribution in [-0.2, 0) is 16.0 Å². The van der Waals surface area contributed by atoms with E-state index in [9.17, 15) is 14.4 Å². The van der Waals surface area contributed by atoms with Crippen LogP contribution in [0.1, 0.15) is 42.1 Å². The minimum absolute atomic E-state index is 0.0955. The first-order valence-corrected chi connectivity index (χ1v) is 8.63. The highest BCUT2D eigenvalue weighted by atomic mass is 32.2. The summed E-state index contributed by atoms with van der Waals surface area (Å²) in [6.07, 6.45) is 2.91. The Morgan fingerprint density at radius 2 is 2.14 bits per heavy atom. The molecular formula is C17H19NO3S. The van der Waals surface area contributed by atoms with E-state index in [1.54, 1.807) is 11.8 Å². The van der Waals surface area contributed by atoms with Crippen LogP contribution in [0.2, 0.25) is 0 Å². The topological polar surface area (TPSA) is 54.5 Å². The van der Waals surface area contributed by atoms with Crippen LogP contribution < -0.4 is 4.90 Å². The van der Waals surface area contributed by atoms with Gasteiger partial charge in [-0.3, -0.25) is 14.4 Å². The average molecular weight is 317 g/mol. The summed E-state index contributed by atoms with van der Waals surface area (Å²) in [4.78, 5) is 36.9. The number of nitrogens with zero attached hydrogens (tertiary/aromatic N) is 1. The van der Waals surface area contributed by atoms with E-state index in [1.807, 2.05) is 18.2 Å². The van der Waals surface area contributed by atoms with Crippen LogP contribution in [0, 0.1) is 5.92 Å². The van der Waals surface area contributed by atoms with Gasteiger partial charge in [-0.2, -0.15) is 0 Å². The molecule has 2 aliphatic rings. The lowest BCUT2D eigenvalue weighted by molar-refractivity contribution is -0.117. The second-order valence-electron chi connectivity index (χ2n) is 6.00. The van der Waals surface area contributed by atoms with Crippen LogP contribution in [-0.4, -0.2) is 29.1 Å². The van der Waals surface area contributed by atoms with Crippen molar-refractivity contribution in [3.05, 3.63) is 29.3 Å². The molecule has 4 nitrogen and oxygen atoms in total. The molecule has 3 rings (SSSR count). The Morgan fingerprint density at radius 3 is 2.91 bits per heavy atom. The molecule has 1 aromatic carbocycles. The summed E-state index contributed by atoms with van der Waals surface area (Å²) in [5, 5.41) is 0.0955. The van der Waals surface area contributed by atoms with E-state index in [0.29, 0.717) is 25.1 Å². The number of thioether (sulfide) groups is 1. The Labute approximate surface area is 134 Å². The summed E-state index contributed by atoms with van der Waals surface area (Å²) in [5.74, 6) is 1.23. The van der Waals surface area contributed by atoms with E-state index in [2.05, 4.69) is 0 Å². The van der Waals surface area contributed by atoms with Gasteiger partial charge in [-0.05, 0) is 42.5 Å². The summed E-state index contributed by atoms with van der Waals surface area (Å²) in [6.45, 7) is 2.21. The second-order valence-corrected chi connectivity index (χ2v) is 7.19. The minimum atomic E-state index is 0.0955. The molecule has 1 saturated heterocycles. The first kappa shape index (κ1) is 15.3. The Bertz CT molecular complexity index is 641. The summed E-state index contributed by atoms with van der Waals surface area (Å²) in [5.41, 5.74) is 2.75. The lowest BCUT2D eigenvalue weighted by atomic mass is 9.90. The van der Waals surface area contributed by atoms with Gasteiger partial charge in [-0.25, -0.2) is 0 Å². The van der Waals surface area contributed by atoms with E-state index >= 15 is 0 Å². The maximum Gasteiger partial charge on any atom is 0.227 e. The predicted molar refractivity (Wildman–Crippen MR) is 87.3 cm³/mol. The van der Waals surface area contributed by atoms with Crippen molar-refractivity contribution in [2.24, 2.45) is 5.92 Å². The van der Waals surface area contributed by atoms with Crippen molar-refractivity contribution in [3.63, 3.8) is 0 Å². The maximum absolute atomic E-state index is 12.2. The van der Waals surface area contributed by atoms with Crippen LogP contribution in [0.25, 0.3) is 0 Å². The molecule has 1 heterocycles. The molecule has 0 bridgehead atoms. The zero-order chi connectivity index (χ0) is 15.7. The van der Waals surface area contributed by atoms with Crippen LogP contribution in [0.4, 0.5) is 5.69 Å². The fourth-order valence-corrected chi connectivity index (χ4v) is 3.87. The normalized spacial score (nSPS) is 21.1. The molecule has 0 radical (unpaired) electrons. The van der Waals surface area contributed by atoms with Gasteiger partial charge in [0.05, 0.1) is 0 Å². The number of amides is 1. The van der Waals surface area contributed by atoms with E-state index in [0.717, 1.165) is 29.7 Å². The molecule has 5 heteroatoms. The smallest absolute Gasteiger partial charge is 0.227 e. The highest BCUT2D eigenvalue weighted by molar-refractivity contribution is 8.13. The van der Waals surface area contributed by atoms with E-state index in [1.165, 1.54) is 11.8 Å². The van der Waals surface area contributed by atoms with Crippen molar-refractivity contribution in [1.82, 2.24) is 0 Å². The van der Waals surface area contributed by atoms with Crippen molar-refractivity contribution >= 4 is 34.3 Å². The number of aryl methyl sites for hydroxylation is 1. The quantitative estimate of drug-likeness (QED) is 0.860. The van der Waals surface area contributed by atoms with Gasteiger partial charge in [-0.1, -0.05) is 11.8 Å². The van der Waals surface area contributed by atoms with E-state index in [4.69, 9.17) is 0 Å². The number of ketones is 1. The van der Waals surface area contributed by atoms with Gasteiger partial charge in [0, 0.05) is 43.3 Å². The van der Waals surface area contributed by atoms with Gasteiger partial charge in [0.2, 0.25) is 5.91 Å². The largest absolute Gasteiger partial charge is 0.312 e. The molecule has 0 saturated carbocycles. The van der Waals surface area contributed by atoms with Crippen LogP contribution in [0.5, 0.6) is 0 Å². The number of hydrogen-bond donors (Lipinski definition) is 0. The van der Waals surface area contributed by atoms with Gasteiger partial charge >= 0.3 is 0 Å². The first-order chi connectivity index (χ1) is 10.5. The van der Waals surface area contributed by atoms with Crippen LogP contribution >= 0.6 is 11.8 Å². The fourth-order valence-electron chi connectivity index (χ4n) is 3.18. The summed E-state index contributed by atoms with van der Waals surface area (Å²) >= 11 is 1.29. The SMILES string of the molecule is CC(=O)SCC1CC(=O)N(c2ccc3c(c2)CCCC3=O)C1. The summed E-state index contributed by atoms with van der Waals surface area (Å²) in [6, 6.07) is 5.72. The lowest BCUT2D eigenvalue weighted by Crippen LogP contribution is -2.25. The van der Waals surface area contributed by atoms with Crippen molar-refractivity contribution < 1.29 is 14.4 Å². The third kappa shape index (κ3) is 3.09. The zero-order valence-corrected chi connectivity index (χ0v) is 13.4. The van der Waals surface area contributed by atoms with Crippen molar-refractivity contribution in [1.29, 1.82) is 0 Å². The number of hydrogen-bond acceptors (Lipinski definition) is 4. The Hall–Kier alpha value is -1.62. The number of fused-ring (bicyclic) bond motifs is 1. The standard InChI is InChI=1S/C17H19NO3S/c1-11(19)22-10-12-7-17(21)18(9-12)14-5-6-15-13(8-14)3-2-4-16(15)20/h5-6,8,12H,2-4,7,9-10H2,1H3. The molecule has 1 aromatic rings. The number of carbonyl (C=O) groups excluding carboxylic acids is 3. The Balaban J connectivity index is 1.75. The highest BCUT2D eigenvalue weighted by Crippen LogP contribution is 2.31. The molecule has 1 atom stereocenters. The number of anilines is 1. The third-order valence-corrected chi connectivity index (χ3v) is 5.32. The summed E-state index contributed by atoms with van der Waals surface area (Å²) in [7, 11) is 0. The van der Waals surface area contributed by atoms with E-state index in [-0.39, 0.29) is 22.7 Å². The minimum Gasteiger partial charge on any atom is -0.312 e. The van der Waals surface area contributed by atoms with Gasteiger partial charge in [0.1, 0.15) is 0 Å². The molecule has 0 aromatic heterocycles. The number of carbonyl (C=O) groups is 3. The number of Topliss-reactive ketones (excluding diaryl/α,β-unsaturated/α-hetero) is 1. The number of rotatable bonds is 3. The van der Waals surface area contributed by atoms with Gasteiger partial charge in [0.15, 0.2) is 10.9 Å². The lowest BCUT2D eigenvalue weighted by Gasteiger charge is -2.21. The van der Waals surface area contributed by atoms with Gasteiger partial charge in [0.25, 0.3) is 0 Å². The molecule has 0 spiro atoms. The predicted octanol–water partition coefficient (Wildman–Crippen LogP) is 2.84. The first-order valence-electron chi connectivity index (χ1n) is 7.64. The Morgan fingerprint density at radius 1 is 1.32 bits per heavy atom. The van der Waals surface area contributed by atoms with Gasteiger partial charge < -0.3 is 4.90 Å². The molecule has 116 valence electrons. The number of benzene rings is 1. The molecule has 1 fully saturated rings. The highest BCUT2D eigenvalue weighted by Gasteiger charge is 2.31. The summed E-state index contributed by atoms with van der Waals surface area (Å²) < 4.78 is 0. The van der Waals surface area contributed by atoms with Crippen molar-refractivity contribution in [2.75, 3.05) is 17.2 Å². The monoisotopic (exact) mass is 317 g/mol.